The largest absolute Gasteiger partial charge is 0.416 e. The molecule has 10 heteroatoms. The van der Waals surface area contributed by atoms with E-state index in [9.17, 15) is 22.8 Å². The molecule has 0 aliphatic rings. The number of rotatable bonds is 7. The molecule has 0 atom stereocenters. The summed E-state index contributed by atoms with van der Waals surface area (Å²) in [6.07, 6.45) is -4.49. The molecule has 0 spiro atoms. The molecule has 1 N–H and O–H groups in total. The van der Waals surface area contributed by atoms with Crippen molar-refractivity contribution in [1.82, 2.24) is 10.1 Å². The number of aryl methyl sites for hydroxylation is 1. The quantitative estimate of drug-likeness (QED) is 0.792. The van der Waals surface area contributed by atoms with Gasteiger partial charge in [-0.1, -0.05) is 5.16 Å². The van der Waals surface area contributed by atoms with Crippen LogP contribution in [0.3, 0.4) is 0 Å². The van der Waals surface area contributed by atoms with Crippen LogP contribution in [-0.2, 0) is 15.7 Å². The van der Waals surface area contributed by atoms with Crippen molar-refractivity contribution in [3.8, 4) is 0 Å². The van der Waals surface area contributed by atoms with E-state index in [4.69, 9.17) is 9.26 Å². The first kappa shape index (κ1) is 20.4. The molecule has 0 fully saturated rings. The summed E-state index contributed by atoms with van der Waals surface area (Å²) in [7, 11) is 1.43. The molecule has 1 aromatic carbocycles. The molecular weight excluding hydrogens is 367 g/mol. The number of nitrogens with zero attached hydrogens (tertiary/aromatic N) is 2. The Bertz CT molecular complexity index is 787. The highest BCUT2D eigenvalue weighted by Crippen LogP contribution is 2.29. The number of hydrogen-bond acceptors (Lipinski definition) is 5. The van der Waals surface area contributed by atoms with Crippen LogP contribution < -0.4 is 5.32 Å². The zero-order valence-corrected chi connectivity index (χ0v) is 14.7. The first-order valence-electron chi connectivity index (χ1n) is 7.89. The van der Waals surface area contributed by atoms with Gasteiger partial charge in [0.15, 0.2) is 5.82 Å². The van der Waals surface area contributed by atoms with Crippen molar-refractivity contribution < 1.29 is 32.0 Å². The van der Waals surface area contributed by atoms with E-state index in [2.05, 4.69) is 10.5 Å². The number of amides is 2. The second-order valence-corrected chi connectivity index (χ2v) is 5.67. The first-order chi connectivity index (χ1) is 12.7. The highest BCUT2D eigenvalue weighted by atomic mass is 19.4. The lowest BCUT2D eigenvalue weighted by atomic mass is 10.1. The van der Waals surface area contributed by atoms with E-state index in [1.807, 2.05) is 0 Å². The Hall–Kier alpha value is -2.88. The third-order valence-electron chi connectivity index (χ3n) is 3.54. The Morgan fingerprint density at radius 3 is 2.44 bits per heavy atom. The molecule has 0 aliphatic heterocycles. The van der Waals surface area contributed by atoms with Crippen LogP contribution in [0.1, 0.15) is 21.7 Å². The lowest BCUT2D eigenvalue weighted by molar-refractivity contribution is -0.137. The van der Waals surface area contributed by atoms with Gasteiger partial charge in [0, 0.05) is 25.3 Å². The average molecular weight is 385 g/mol. The van der Waals surface area contributed by atoms with Gasteiger partial charge < -0.3 is 19.5 Å². The topological polar surface area (TPSA) is 84.7 Å². The normalized spacial score (nSPS) is 11.3. The number of carbonyl (C=O) groups is 2. The van der Waals surface area contributed by atoms with Gasteiger partial charge in [-0.2, -0.15) is 13.2 Å². The predicted octanol–water partition coefficient (Wildman–Crippen LogP) is 2.73. The number of aromatic nitrogens is 1. The second kappa shape index (κ2) is 8.67. The van der Waals surface area contributed by atoms with E-state index in [-0.39, 0.29) is 31.1 Å². The molecule has 0 saturated heterocycles. The van der Waals surface area contributed by atoms with Crippen molar-refractivity contribution in [1.29, 1.82) is 0 Å². The fourth-order valence-corrected chi connectivity index (χ4v) is 2.22. The molecule has 1 heterocycles. The minimum Gasteiger partial charge on any atom is -0.383 e. The fraction of sp³-hybridized carbons (Fsp3) is 0.353. The standard InChI is InChI=1S/C17H18F3N3O4/c1-11-9-14(22-27-11)21-15(24)10-23(7-8-26-2)16(25)12-3-5-13(6-4-12)17(18,19)20/h3-6,9H,7-8,10H2,1-2H3,(H,21,22,24). The highest BCUT2D eigenvalue weighted by Gasteiger charge is 2.30. The average Bonchev–Trinajstić information content (AvgIpc) is 3.02. The van der Waals surface area contributed by atoms with Crippen molar-refractivity contribution in [3.05, 3.63) is 47.2 Å². The molecule has 0 saturated carbocycles. The fourth-order valence-electron chi connectivity index (χ4n) is 2.22. The lowest BCUT2D eigenvalue weighted by Crippen LogP contribution is -2.40. The summed E-state index contributed by atoms with van der Waals surface area (Å²) in [4.78, 5) is 25.9. The summed E-state index contributed by atoms with van der Waals surface area (Å²) in [5, 5.41) is 6.10. The Balaban J connectivity index is 2.09. The van der Waals surface area contributed by atoms with Gasteiger partial charge >= 0.3 is 6.18 Å². The van der Waals surface area contributed by atoms with Crippen LogP contribution in [-0.4, -0.2) is 48.7 Å². The zero-order valence-electron chi connectivity index (χ0n) is 14.7. The maximum atomic E-state index is 12.6. The van der Waals surface area contributed by atoms with Gasteiger partial charge in [0.05, 0.1) is 12.2 Å². The van der Waals surface area contributed by atoms with Crippen molar-refractivity contribution >= 4 is 17.6 Å². The van der Waals surface area contributed by atoms with Crippen LogP contribution in [0.25, 0.3) is 0 Å². The molecule has 146 valence electrons. The van der Waals surface area contributed by atoms with Crippen LogP contribution in [0, 0.1) is 6.92 Å². The molecule has 27 heavy (non-hydrogen) atoms. The second-order valence-electron chi connectivity index (χ2n) is 5.67. The van der Waals surface area contributed by atoms with E-state index < -0.39 is 23.6 Å². The monoisotopic (exact) mass is 385 g/mol. The molecule has 0 radical (unpaired) electrons. The van der Waals surface area contributed by atoms with Crippen molar-refractivity contribution in [2.75, 3.05) is 32.1 Å². The summed E-state index contributed by atoms with van der Waals surface area (Å²) in [5.41, 5.74) is -0.828. The van der Waals surface area contributed by atoms with Crippen LogP contribution in [0.4, 0.5) is 19.0 Å². The summed E-state index contributed by atoms with van der Waals surface area (Å²) in [6.45, 7) is 1.57. The number of ether oxygens (including phenoxy) is 1. The van der Waals surface area contributed by atoms with Gasteiger partial charge in [-0.15, -0.1) is 0 Å². The molecule has 2 amide bonds. The number of carbonyl (C=O) groups excluding carboxylic acids is 2. The number of methoxy groups -OCH3 is 1. The van der Waals surface area contributed by atoms with Crippen LogP contribution >= 0.6 is 0 Å². The molecule has 1 aromatic heterocycles. The van der Waals surface area contributed by atoms with Gasteiger partial charge in [-0.3, -0.25) is 9.59 Å². The summed E-state index contributed by atoms with van der Waals surface area (Å²) in [5.74, 6) is -0.416. The number of nitrogens with one attached hydrogen (secondary N) is 1. The third kappa shape index (κ3) is 5.81. The molecule has 0 bridgehead atoms. The van der Waals surface area contributed by atoms with E-state index in [0.717, 1.165) is 24.3 Å². The zero-order chi connectivity index (χ0) is 20.0. The smallest absolute Gasteiger partial charge is 0.383 e. The van der Waals surface area contributed by atoms with Gasteiger partial charge in [0.1, 0.15) is 12.3 Å². The molecule has 2 aromatic rings. The molecule has 2 rings (SSSR count). The summed E-state index contributed by atoms with van der Waals surface area (Å²) < 4.78 is 47.7. The third-order valence-corrected chi connectivity index (χ3v) is 3.54. The summed E-state index contributed by atoms with van der Waals surface area (Å²) >= 11 is 0. The highest BCUT2D eigenvalue weighted by molar-refractivity contribution is 5.99. The number of alkyl halides is 3. The molecule has 0 aliphatic carbocycles. The van der Waals surface area contributed by atoms with Gasteiger partial charge in [0.2, 0.25) is 5.91 Å². The van der Waals surface area contributed by atoms with Crippen LogP contribution in [0.2, 0.25) is 0 Å². The Morgan fingerprint density at radius 2 is 1.93 bits per heavy atom. The maximum absolute atomic E-state index is 12.6. The number of anilines is 1. The lowest BCUT2D eigenvalue weighted by Gasteiger charge is -2.22. The Labute approximate surface area is 153 Å². The van der Waals surface area contributed by atoms with Crippen molar-refractivity contribution in [3.63, 3.8) is 0 Å². The van der Waals surface area contributed by atoms with E-state index >= 15 is 0 Å². The number of halogens is 3. The van der Waals surface area contributed by atoms with Gasteiger partial charge in [-0.25, -0.2) is 0 Å². The molecule has 7 nitrogen and oxygen atoms in total. The van der Waals surface area contributed by atoms with Crippen molar-refractivity contribution in [2.24, 2.45) is 0 Å². The van der Waals surface area contributed by atoms with E-state index in [0.29, 0.717) is 5.76 Å². The predicted molar refractivity (Wildman–Crippen MR) is 89.1 cm³/mol. The summed E-state index contributed by atoms with van der Waals surface area (Å²) in [6, 6.07) is 5.29. The van der Waals surface area contributed by atoms with E-state index in [1.54, 1.807) is 6.92 Å². The number of benzene rings is 1. The maximum Gasteiger partial charge on any atom is 0.416 e. The Morgan fingerprint density at radius 1 is 1.26 bits per heavy atom. The van der Waals surface area contributed by atoms with Crippen LogP contribution in [0.15, 0.2) is 34.9 Å². The number of hydrogen-bond donors (Lipinski definition) is 1. The van der Waals surface area contributed by atoms with Crippen molar-refractivity contribution in [2.45, 2.75) is 13.1 Å². The SMILES string of the molecule is COCCN(CC(=O)Nc1cc(C)on1)C(=O)c1ccc(C(F)(F)F)cc1. The minimum absolute atomic E-state index is 0.0317. The molecular formula is C17H18F3N3O4. The van der Waals surface area contributed by atoms with E-state index in [1.165, 1.54) is 18.1 Å². The van der Waals surface area contributed by atoms with Crippen LogP contribution in [0.5, 0.6) is 0 Å². The van der Waals surface area contributed by atoms with Gasteiger partial charge in [0.25, 0.3) is 5.91 Å². The first-order valence-corrected chi connectivity index (χ1v) is 7.89. The van der Waals surface area contributed by atoms with Gasteiger partial charge in [-0.05, 0) is 31.2 Å². The molecule has 0 unspecified atom stereocenters. The Kier molecular flexibility index (Phi) is 6.56. The minimum atomic E-state index is -4.49.